The van der Waals surface area contributed by atoms with Gasteiger partial charge in [-0.2, -0.15) is 10.5 Å². The molecule has 0 aliphatic carbocycles. The van der Waals surface area contributed by atoms with Crippen LogP contribution in [-0.2, 0) is 49.2 Å². The van der Waals surface area contributed by atoms with Crippen molar-refractivity contribution in [2.45, 2.75) is 111 Å². The molecular weight excluding hydrogens is 822 g/mol. The van der Waals surface area contributed by atoms with Gasteiger partial charge in [0.1, 0.15) is 0 Å². The largest absolute Gasteiger partial charge is 0.494 e. The van der Waals surface area contributed by atoms with Gasteiger partial charge in [-0.3, -0.25) is 4.72 Å². The van der Waals surface area contributed by atoms with Crippen LogP contribution in [0.1, 0.15) is 100 Å². The second-order valence-corrected chi connectivity index (χ2v) is 20.1. The molecule has 2 heterocycles. The Morgan fingerprint density at radius 3 is 1.27 bits per heavy atom. The third-order valence-electron chi connectivity index (χ3n) is 10.0. The Morgan fingerprint density at radius 2 is 0.950 bits per heavy atom. The first-order valence-electron chi connectivity index (χ1n) is 19.3. The Balaban J connectivity index is 0.000000329. The predicted molar refractivity (Wildman–Crippen MR) is 244 cm³/mol. The maximum atomic E-state index is 12.4. The van der Waals surface area contributed by atoms with Gasteiger partial charge in [0.05, 0.1) is 57.2 Å². The minimum absolute atomic E-state index is 0. The van der Waals surface area contributed by atoms with Crippen LogP contribution in [0.5, 0.6) is 0 Å². The number of hydrogen-bond acceptors (Lipinski definition) is 11. The summed E-state index contributed by atoms with van der Waals surface area (Å²) in [5.41, 5.74) is 9.43. The molecule has 2 aliphatic rings. The quantitative estimate of drug-likeness (QED) is 0.100. The summed E-state index contributed by atoms with van der Waals surface area (Å²) in [6, 6.07) is 31.2. The van der Waals surface area contributed by atoms with E-state index in [1.807, 2.05) is 91.8 Å². The van der Waals surface area contributed by atoms with Crippen molar-refractivity contribution in [3.8, 4) is 12.1 Å². The highest BCUT2D eigenvalue weighted by Gasteiger charge is 2.52. The molecule has 4 aromatic rings. The zero-order chi connectivity index (χ0) is 45.2. The third-order valence-corrected chi connectivity index (χ3v) is 12.3. The molecule has 2 fully saturated rings. The number of nitrogen functional groups attached to an aromatic ring is 1. The molecule has 4 aromatic carbocycles. The number of nitrogens with two attached hydrogens (primary N) is 1. The van der Waals surface area contributed by atoms with Gasteiger partial charge in [-0.15, -0.1) is 0 Å². The number of nitrogens with zero attached hydrogens (tertiary/aromatic N) is 2. The molecule has 6 rings (SSSR count). The van der Waals surface area contributed by atoms with Crippen molar-refractivity contribution >= 4 is 66.3 Å². The van der Waals surface area contributed by atoms with Crippen molar-refractivity contribution in [2.24, 2.45) is 0 Å². The van der Waals surface area contributed by atoms with Crippen molar-refractivity contribution in [1.29, 1.82) is 10.5 Å². The lowest BCUT2D eigenvalue weighted by atomic mass is 9.79. The number of hydrogen-bond donors (Lipinski definition) is 2. The summed E-state index contributed by atoms with van der Waals surface area (Å²) in [7, 11) is -2.82. The maximum Gasteiger partial charge on any atom is 0.494 e. The molecule has 0 bridgehead atoms. The summed E-state index contributed by atoms with van der Waals surface area (Å²) in [6.45, 7) is 18.4. The SMILES string of the molecule is C.CC1(C)OB(c2ccc(N)cc2)OC1(C)C.CC1(C)OB(c2ccc(NS(=O)(=O)Cc3ccc(C#N)cc3)cc2)OC1(C)C.N#Cc1ccc(CS(=O)(=O)Cl)cc1.[2H]CC. The number of nitrogens with one attached hydrogen (secondary N) is 1. The number of anilines is 2. The molecule has 0 atom stereocenters. The maximum absolute atomic E-state index is 12.4. The van der Waals surface area contributed by atoms with Gasteiger partial charge >= 0.3 is 14.2 Å². The van der Waals surface area contributed by atoms with Gasteiger partial charge in [0.15, 0.2) is 0 Å². The molecule has 17 heteroatoms. The summed E-state index contributed by atoms with van der Waals surface area (Å²) in [4.78, 5) is 0. The van der Waals surface area contributed by atoms with Gasteiger partial charge < -0.3 is 24.4 Å². The number of halogens is 1. The molecule has 0 saturated carbocycles. The minimum atomic E-state index is -3.57. The summed E-state index contributed by atoms with van der Waals surface area (Å²) in [6.07, 6.45) is 0. The monoisotopic (exact) mass is 879 g/mol. The summed E-state index contributed by atoms with van der Waals surface area (Å²) >= 11 is 0. The van der Waals surface area contributed by atoms with E-state index < -0.39 is 37.4 Å². The van der Waals surface area contributed by atoms with Crippen LogP contribution >= 0.6 is 10.7 Å². The lowest BCUT2D eigenvalue weighted by Gasteiger charge is -2.32. The third kappa shape index (κ3) is 14.7. The smallest absolute Gasteiger partial charge is 0.399 e. The van der Waals surface area contributed by atoms with Gasteiger partial charge in [0, 0.05) is 23.4 Å². The average molecular weight is 880 g/mol. The Morgan fingerprint density at radius 1 is 0.633 bits per heavy atom. The van der Waals surface area contributed by atoms with Crippen LogP contribution < -0.4 is 21.4 Å². The van der Waals surface area contributed by atoms with Crippen LogP contribution in [0.3, 0.4) is 0 Å². The molecule has 0 radical (unpaired) electrons. The van der Waals surface area contributed by atoms with Crippen LogP contribution in [0.25, 0.3) is 0 Å². The van der Waals surface area contributed by atoms with Crippen LogP contribution in [-0.4, -0.2) is 53.5 Å². The number of sulfonamides is 1. The van der Waals surface area contributed by atoms with E-state index in [0.29, 0.717) is 34.8 Å². The highest BCUT2D eigenvalue weighted by atomic mass is 35.7. The molecule has 2 aliphatic heterocycles. The van der Waals surface area contributed by atoms with Crippen LogP contribution in [0.15, 0.2) is 97.1 Å². The van der Waals surface area contributed by atoms with Crippen molar-refractivity contribution in [1.82, 2.24) is 0 Å². The zero-order valence-electron chi connectivity index (χ0n) is 35.9. The Hall–Kier alpha value is -4.38. The summed E-state index contributed by atoms with van der Waals surface area (Å²) < 4.78 is 78.8. The molecule has 0 aromatic heterocycles. The first-order chi connectivity index (χ1) is 27.8. The first kappa shape index (κ1) is 50.0. The van der Waals surface area contributed by atoms with Crippen LogP contribution in [0.2, 0.25) is 0 Å². The van der Waals surface area contributed by atoms with E-state index in [1.54, 1.807) is 79.7 Å². The van der Waals surface area contributed by atoms with E-state index in [-0.39, 0.29) is 37.3 Å². The van der Waals surface area contributed by atoms with E-state index in [9.17, 15) is 16.8 Å². The van der Waals surface area contributed by atoms with Gasteiger partial charge in [0.2, 0.25) is 19.1 Å². The fourth-order valence-corrected chi connectivity index (χ4v) is 7.47. The predicted octanol–water partition coefficient (Wildman–Crippen LogP) is 7.66. The Kier molecular flexibility index (Phi) is 17.4. The molecule has 0 spiro atoms. The van der Waals surface area contributed by atoms with Crippen LogP contribution in [0.4, 0.5) is 11.4 Å². The van der Waals surface area contributed by atoms with Gasteiger partial charge in [-0.05, 0) is 126 Å². The average Bonchev–Trinajstić information content (AvgIpc) is 3.51. The van der Waals surface area contributed by atoms with Crippen molar-refractivity contribution in [3.63, 3.8) is 0 Å². The second kappa shape index (κ2) is 20.9. The van der Waals surface area contributed by atoms with E-state index in [4.69, 9.17) is 46.9 Å². The first-order valence-corrected chi connectivity index (χ1v) is 22.8. The molecule has 12 nitrogen and oxygen atoms in total. The molecule has 60 heavy (non-hydrogen) atoms. The zero-order valence-corrected chi connectivity index (χ0v) is 37.3. The number of benzene rings is 4. The minimum Gasteiger partial charge on any atom is -0.399 e. The van der Waals surface area contributed by atoms with E-state index in [1.165, 1.54) is 0 Å². The lowest BCUT2D eigenvalue weighted by Crippen LogP contribution is -2.41. The number of nitriles is 2. The van der Waals surface area contributed by atoms with Crippen LogP contribution in [0, 0.1) is 22.7 Å². The van der Waals surface area contributed by atoms with E-state index >= 15 is 0 Å². The fourth-order valence-electron chi connectivity index (χ4n) is 5.30. The summed E-state index contributed by atoms with van der Waals surface area (Å²) in [5, 5.41) is 17.3. The lowest BCUT2D eigenvalue weighted by molar-refractivity contribution is 0.00578. The number of rotatable bonds is 8. The second-order valence-electron chi connectivity index (χ2n) is 15.6. The summed E-state index contributed by atoms with van der Waals surface area (Å²) in [5.74, 6) is -0.377. The molecule has 2 saturated heterocycles. The van der Waals surface area contributed by atoms with Gasteiger partial charge in [-0.1, -0.05) is 69.8 Å². The molecular formula is C43H57B2ClN4O8S2. The molecule has 3 N–H and O–H groups in total. The van der Waals surface area contributed by atoms with E-state index in [0.717, 1.165) is 16.6 Å². The normalized spacial score (nSPS) is 17.0. The topological polar surface area (TPSA) is 191 Å². The fraction of sp³-hybridized carbons (Fsp3) is 0.395. The van der Waals surface area contributed by atoms with E-state index in [2.05, 4.69) is 4.72 Å². The Bertz CT molecular complexity index is 2310. The molecule has 0 unspecified atom stereocenters. The molecule has 0 amide bonds. The standard InChI is InChI=1S/C20H23BN2O4S.C12H18BNO2.C8H6ClNO2S.C2H6.CH4/c1-19(2)20(3,4)27-21(26-19)17-9-11-18(12-10-17)23-28(24,25)14-16-7-5-15(13-22)6-8-16;1-11(2)12(3,4)16-13(15-11)9-5-7-10(14)8-6-9;9-13(11,12)6-8-3-1-7(5-10)2-4-8;1-2;/h5-12,23H,14H2,1-4H3;5-8H,14H2,1-4H3;1-4H,6H2;1-2H3;1H4/i;;;1D;. The van der Waals surface area contributed by atoms with Crippen molar-refractivity contribution in [3.05, 3.63) is 119 Å². The van der Waals surface area contributed by atoms with Gasteiger partial charge in [0.25, 0.3) is 0 Å². The van der Waals surface area contributed by atoms with Crippen molar-refractivity contribution < 1.29 is 36.8 Å². The van der Waals surface area contributed by atoms with Crippen molar-refractivity contribution in [2.75, 3.05) is 10.5 Å². The van der Waals surface area contributed by atoms with Gasteiger partial charge in [-0.25, -0.2) is 16.8 Å². The highest BCUT2D eigenvalue weighted by molar-refractivity contribution is 8.13. The Labute approximate surface area is 364 Å². The molecule has 322 valence electrons. The highest BCUT2D eigenvalue weighted by Crippen LogP contribution is 2.37.